The average molecular weight is 676 g/mol. The van der Waals surface area contributed by atoms with Gasteiger partial charge in [-0.3, -0.25) is 9.59 Å². The monoisotopic (exact) mass is 675 g/mol. The number of amides is 1. The van der Waals surface area contributed by atoms with Crippen LogP contribution < -0.4 is 0 Å². The predicted molar refractivity (Wildman–Crippen MR) is 151 cm³/mol. The van der Waals surface area contributed by atoms with Crippen molar-refractivity contribution in [3.05, 3.63) is 70.8 Å². The number of hydrogen-bond donors (Lipinski definition) is 1. The highest BCUT2D eigenvalue weighted by molar-refractivity contribution is 7.91. The van der Waals surface area contributed by atoms with E-state index in [4.69, 9.17) is 0 Å². The Balaban J connectivity index is 1.44. The van der Waals surface area contributed by atoms with Crippen molar-refractivity contribution < 1.29 is 53.8 Å². The zero-order valence-electron chi connectivity index (χ0n) is 24.6. The van der Waals surface area contributed by atoms with Crippen LogP contribution in [0.15, 0.2) is 48.5 Å². The number of nitrogens with zero attached hydrogens (tertiary/aromatic N) is 1. The molecule has 6 nitrogen and oxygen atoms in total. The lowest BCUT2D eigenvalue weighted by Gasteiger charge is -2.52. The Labute approximate surface area is 260 Å². The van der Waals surface area contributed by atoms with Gasteiger partial charge in [0.1, 0.15) is 4.75 Å². The van der Waals surface area contributed by atoms with Gasteiger partial charge in [0.05, 0.1) is 17.2 Å². The van der Waals surface area contributed by atoms with Crippen molar-refractivity contribution in [1.82, 2.24) is 4.90 Å². The maximum atomic E-state index is 15.1. The number of aryl methyl sites for hydroxylation is 1. The number of benzene rings is 2. The fourth-order valence-corrected chi connectivity index (χ4v) is 11.1. The summed E-state index contributed by atoms with van der Waals surface area (Å²) in [6, 6.07) is 8.82. The van der Waals surface area contributed by atoms with Crippen molar-refractivity contribution in [3.63, 3.8) is 0 Å². The molecule has 46 heavy (non-hydrogen) atoms. The third-order valence-electron chi connectivity index (χ3n) is 11.2. The summed E-state index contributed by atoms with van der Waals surface area (Å²) < 4.78 is 124. The Morgan fingerprint density at radius 1 is 0.826 bits per heavy atom. The minimum Gasteiger partial charge on any atom is -0.481 e. The maximum Gasteiger partial charge on any atom is 0.435 e. The van der Waals surface area contributed by atoms with Crippen LogP contribution in [0.3, 0.4) is 0 Å². The summed E-state index contributed by atoms with van der Waals surface area (Å²) in [6.07, 6.45) is -11.2. The Kier molecular flexibility index (Phi) is 7.42. The van der Waals surface area contributed by atoms with Gasteiger partial charge < -0.3 is 10.0 Å². The largest absolute Gasteiger partial charge is 0.481 e. The molecule has 1 heterocycles. The van der Waals surface area contributed by atoms with Crippen LogP contribution in [0.5, 0.6) is 0 Å². The quantitative estimate of drug-likeness (QED) is 0.342. The van der Waals surface area contributed by atoms with Gasteiger partial charge >= 0.3 is 24.0 Å². The number of carbonyl (C=O) groups excluding carboxylic acids is 1. The zero-order chi connectivity index (χ0) is 33.6. The number of carbonyl (C=O) groups is 2. The molecule has 1 N–H and O–H groups in total. The summed E-state index contributed by atoms with van der Waals surface area (Å²) in [5.74, 6) is -1.71. The summed E-state index contributed by atoms with van der Waals surface area (Å²) in [4.78, 5) is 27.8. The highest BCUT2D eigenvalue weighted by atomic mass is 32.2. The first-order valence-corrected chi connectivity index (χ1v) is 16.8. The van der Waals surface area contributed by atoms with Gasteiger partial charge in [0.25, 0.3) is 0 Å². The molecule has 1 aliphatic heterocycles. The SMILES string of the molecule is O=C(O)C12CCC(C(=O)N3CCC4(S(=O)(=O)Cc5ccccc5)c5ccc(C(F)(C(F)(F)F)C(F)(F)F)cc5CCC34)(CC1)CC2. The molecule has 3 saturated carbocycles. The minimum absolute atomic E-state index is 0.0251. The Morgan fingerprint density at radius 2 is 1.39 bits per heavy atom. The van der Waals surface area contributed by atoms with E-state index in [-0.39, 0.29) is 42.8 Å². The van der Waals surface area contributed by atoms with Gasteiger partial charge in [-0.2, -0.15) is 26.3 Å². The second-order valence-electron chi connectivity index (χ2n) is 13.3. The van der Waals surface area contributed by atoms with Crippen LogP contribution in [-0.2, 0) is 42.0 Å². The van der Waals surface area contributed by atoms with E-state index in [0.717, 1.165) is 6.07 Å². The Morgan fingerprint density at radius 3 is 1.93 bits per heavy atom. The van der Waals surface area contributed by atoms with E-state index in [1.54, 1.807) is 30.3 Å². The van der Waals surface area contributed by atoms with E-state index in [2.05, 4.69) is 0 Å². The predicted octanol–water partition coefficient (Wildman–Crippen LogP) is 6.76. The fraction of sp³-hybridized carbons (Fsp3) is 0.562. The number of rotatable bonds is 6. The molecule has 250 valence electrons. The standard InChI is InChI=1S/C32H32F7NO5S/c33-30(31(34,35)36,32(37,38)39)22-7-8-23-21(18-22)6-9-24-29(23,46(44,45)19-20-4-2-1-3-5-20)16-17-40(24)25(41)27-10-13-28(14-11-27,15-12-27)26(42)43/h1-5,7-8,18,24H,6,9-17,19H2,(H,42,43). The van der Waals surface area contributed by atoms with Crippen LogP contribution in [0.1, 0.15) is 73.6 Å². The lowest BCUT2D eigenvalue weighted by atomic mass is 9.53. The third-order valence-corrected chi connectivity index (χ3v) is 13.8. The molecule has 2 unspecified atom stereocenters. The molecule has 14 heteroatoms. The molecule has 2 atom stereocenters. The van der Waals surface area contributed by atoms with Crippen molar-refractivity contribution in [2.75, 3.05) is 6.54 Å². The smallest absolute Gasteiger partial charge is 0.435 e. The molecule has 1 amide bonds. The molecule has 0 aromatic heterocycles. The summed E-state index contributed by atoms with van der Waals surface area (Å²) in [5, 5.41) is 9.79. The lowest BCUT2D eigenvalue weighted by molar-refractivity contribution is -0.348. The van der Waals surface area contributed by atoms with Crippen molar-refractivity contribution in [2.24, 2.45) is 10.8 Å². The third kappa shape index (κ3) is 4.51. The first-order chi connectivity index (χ1) is 21.3. The van der Waals surface area contributed by atoms with E-state index in [1.165, 1.54) is 4.90 Å². The maximum absolute atomic E-state index is 15.1. The number of carboxylic acids is 1. The van der Waals surface area contributed by atoms with Crippen LogP contribution in [0, 0.1) is 10.8 Å². The molecule has 7 rings (SSSR count). The molecule has 4 aliphatic carbocycles. The normalized spacial score (nSPS) is 29.7. The van der Waals surface area contributed by atoms with Crippen molar-refractivity contribution >= 4 is 21.7 Å². The Bertz CT molecular complexity index is 1640. The number of fused-ring (bicyclic) bond motifs is 6. The summed E-state index contributed by atoms with van der Waals surface area (Å²) in [6.45, 7) is -0.0251. The molecule has 4 fully saturated rings. The number of alkyl halides is 7. The topological polar surface area (TPSA) is 91.8 Å². The van der Waals surface area contributed by atoms with Gasteiger partial charge in [-0.05, 0) is 74.5 Å². The molecule has 0 spiro atoms. The van der Waals surface area contributed by atoms with E-state index < -0.39 is 66.8 Å². The summed E-state index contributed by atoms with van der Waals surface area (Å²) >= 11 is 0. The molecule has 5 aliphatic rings. The minimum atomic E-state index is -6.33. The summed E-state index contributed by atoms with van der Waals surface area (Å²) in [5.41, 5.74) is -8.90. The second-order valence-corrected chi connectivity index (χ2v) is 15.6. The van der Waals surface area contributed by atoms with Gasteiger partial charge in [-0.25, -0.2) is 12.8 Å². The molecule has 2 bridgehead atoms. The zero-order valence-corrected chi connectivity index (χ0v) is 25.4. The molecular formula is C32H32F7NO5S. The van der Waals surface area contributed by atoms with Gasteiger partial charge in [-0.1, -0.05) is 48.5 Å². The van der Waals surface area contributed by atoms with Gasteiger partial charge in [0, 0.05) is 17.5 Å². The first-order valence-electron chi connectivity index (χ1n) is 15.1. The van der Waals surface area contributed by atoms with Crippen molar-refractivity contribution in [1.29, 1.82) is 0 Å². The first kappa shape index (κ1) is 32.8. The number of likely N-dealkylation sites (tertiary alicyclic amines) is 1. The van der Waals surface area contributed by atoms with Crippen LogP contribution in [0.4, 0.5) is 30.7 Å². The van der Waals surface area contributed by atoms with E-state index in [9.17, 15) is 49.5 Å². The van der Waals surface area contributed by atoms with Gasteiger partial charge in [0.15, 0.2) is 9.84 Å². The highest BCUT2D eigenvalue weighted by Gasteiger charge is 2.74. The highest BCUT2D eigenvalue weighted by Crippen LogP contribution is 2.60. The van der Waals surface area contributed by atoms with Crippen LogP contribution in [0.25, 0.3) is 0 Å². The number of aliphatic carboxylic acids is 1. The number of halogens is 7. The van der Waals surface area contributed by atoms with Crippen LogP contribution in [0.2, 0.25) is 0 Å². The van der Waals surface area contributed by atoms with E-state index in [1.807, 2.05) is 0 Å². The average Bonchev–Trinajstić information content (AvgIpc) is 3.42. The molecule has 0 radical (unpaired) electrons. The molecule has 2 aromatic rings. The number of hydrogen-bond acceptors (Lipinski definition) is 4. The summed E-state index contributed by atoms with van der Waals surface area (Å²) in [7, 11) is -4.30. The fourth-order valence-electron chi connectivity index (χ4n) is 8.60. The van der Waals surface area contributed by atoms with Gasteiger partial charge in [-0.15, -0.1) is 0 Å². The second kappa shape index (κ2) is 10.4. The van der Waals surface area contributed by atoms with Crippen molar-refractivity contribution in [2.45, 2.75) is 92.4 Å². The molecule has 2 aromatic carbocycles. The van der Waals surface area contributed by atoms with Crippen LogP contribution >= 0.6 is 0 Å². The molecular weight excluding hydrogens is 643 g/mol. The van der Waals surface area contributed by atoms with E-state index in [0.29, 0.717) is 56.2 Å². The van der Waals surface area contributed by atoms with Crippen LogP contribution in [-0.4, -0.2) is 55.2 Å². The lowest BCUT2D eigenvalue weighted by Crippen LogP contribution is -2.58. The van der Waals surface area contributed by atoms with Crippen molar-refractivity contribution in [3.8, 4) is 0 Å². The molecule has 1 saturated heterocycles. The van der Waals surface area contributed by atoms with E-state index >= 15 is 4.39 Å². The number of carboxylic acid groups (broad SMARTS) is 1. The van der Waals surface area contributed by atoms with Gasteiger partial charge in [0.2, 0.25) is 5.91 Å². The Hall–Kier alpha value is -3.16. The number of sulfone groups is 1.